The fraction of sp³-hybridized carbons (Fsp3) is 0.308. The molecule has 2 aromatic rings. The molecule has 10 nitrogen and oxygen atoms in total. The van der Waals surface area contributed by atoms with E-state index in [0.717, 1.165) is 17.7 Å². The van der Waals surface area contributed by atoms with E-state index in [9.17, 15) is 24.5 Å². The SMILES string of the molecule is CCCCOc1ccc(N2C(=O)[C@@H]3[C@@H](C2=O)[C@@H]2C=CC=NN2[C@@H]3C(=O)c2cccc([N+](=O)[O-])c2)cc1. The van der Waals surface area contributed by atoms with E-state index in [1.807, 2.05) is 0 Å². The Morgan fingerprint density at radius 1 is 1.11 bits per heavy atom. The molecule has 2 fully saturated rings. The summed E-state index contributed by atoms with van der Waals surface area (Å²) in [5.74, 6) is -2.54. The maximum atomic E-state index is 13.7. The number of hydrogen-bond acceptors (Lipinski definition) is 8. The normalized spacial score (nSPS) is 24.1. The number of anilines is 1. The lowest BCUT2D eigenvalue weighted by molar-refractivity contribution is -0.384. The summed E-state index contributed by atoms with van der Waals surface area (Å²) < 4.78 is 5.67. The molecule has 0 bridgehead atoms. The number of non-ortho nitro benzene ring substituents is 1. The molecule has 10 heteroatoms. The van der Waals surface area contributed by atoms with Crippen molar-refractivity contribution in [2.75, 3.05) is 11.5 Å². The van der Waals surface area contributed by atoms with Crippen molar-refractivity contribution in [3.05, 3.63) is 76.4 Å². The highest BCUT2D eigenvalue weighted by Gasteiger charge is 2.64. The van der Waals surface area contributed by atoms with E-state index in [4.69, 9.17) is 4.74 Å². The van der Waals surface area contributed by atoms with Gasteiger partial charge in [0.1, 0.15) is 11.8 Å². The predicted molar refractivity (Wildman–Crippen MR) is 131 cm³/mol. The van der Waals surface area contributed by atoms with Crippen molar-refractivity contribution in [3.8, 4) is 5.75 Å². The largest absolute Gasteiger partial charge is 0.494 e. The highest BCUT2D eigenvalue weighted by Crippen LogP contribution is 2.46. The van der Waals surface area contributed by atoms with Crippen LogP contribution in [0.4, 0.5) is 11.4 Å². The van der Waals surface area contributed by atoms with Crippen LogP contribution >= 0.6 is 0 Å². The Hall–Kier alpha value is -4.34. The molecule has 0 N–H and O–H groups in total. The molecule has 3 aliphatic heterocycles. The van der Waals surface area contributed by atoms with Crippen LogP contribution in [0.2, 0.25) is 0 Å². The van der Waals surface area contributed by atoms with Crippen LogP contribution in [0.5, 0.6) is 5.75 Å². The fourth-order valence-corrected chi connectivity index (χ4v) is 5.06. The van der Waals surface area contributed by atoms with Gasteiger partial charge < -0.3 is 4.74 Å². The Labute approximate surface area is 207 Å². The number of fused-ring (bicyclic) bond motifs is 3. The third-order valence-corrected chi connectivity index (χ3v) is 6.76. The van der Waals surface area contributed by atoms with Crippen LogP contribution in [-0.4, -0.2) is 52.4 Å². The van der Waals surface area contributed by atoms with Gasteiger partial charge in [0.05, 0.1) is 35.1 Å². The smallest absolute Gasteiger partial charge is 0.270 e. The van der Waals surface area contributed by atoms with Crippen molar-refractivity contribution < 1.29 is 24.0 Å². The number of rotatable bonds is 8. The summed E-state index contributed by atoms with van der Waals surface area (Å²) in [7, 11) is 0. The number of hydrazone groups is 1. The summed E-state index contributed by atoms with van der Waals surface area (Å²) in [4.78, 5) is 52.6. The third-order valence-electron chi connectivity index (χ3n) is 6.76. The Morgan fingerprint density at radius 3 is 2.58 bits per heavy atom. The Kier molecular flexibility index (Phi) is 6.09. The number of carbonyl (C=O) groups is 3. The highest BCUT2D eigenvalue weighted by atomic mass is 16.6. The summed E-state index contributed by atoms with van der Waals surface area (Å²) in [6.07, 6.45) is 6.86. The van der Waals surface area contributed by atoms with Gasteiger partial charge in [0.2, 0.25) is 11.8 Å². The predicted octanol–water partition coefficient (Wildman–Crippen LogP) is 3.37. The molecule has 2 saturated heterocycles. The van der Waals surface area contributed by atoms with Gasteiger partial charge in [-0.05, 0) is 36.8 Å². The second-order valence-corrected chi connectivity index (χ2v) is 8.90. The lowest BCUT2D eigenvalue weighted by Crippen LogP contribution is -2.46. The van der Waals surface area contributed by atoms with Crippen molar-refractivity contribution in [1.29, 1.82) is 0 Å². The Morgan fingerprint density at radius 2 is 1.86 bits per heavy atom. The maximum Gasteiger partial charge on any atom is 0.270 e. The number of imide groups is 1. The molecule has 3 aliphatic rings. The number of Topliss-reactive ketones (excluding diaryl/α,β-unsaturated/α-hetero) is 1. The maximum absolute atomic E-state index is 13.7. The average molecular weight is 489 g/mol. The molecule has 184 valence electrons. The van der Waals surface area contributed by atoms with Crippen LogP contribution in [-0.2, 0) is 9.59 Å². The molecular formula is C26H24N4O6. The van der Waals surface area contributed by atoms with Crippen LogP contribution in [0.3, 0.4) is 0 Å². The van der Waals surface area contributed by atoms with E-state index in [0.29, 0.717) is 18.0 Å². The average Bonchev–Trinajstić information content (AvgIpc) is 3.36. The molecule has 3 heterocycles. The van der Waals surface area contributed by atoms with E-state index in [2.05, 4.69) is 12.0 Å². The first-order valence-corrected chi connectivity index (χ1v) is 11.8. The highest BCUT2D eigenvalue weighted by molar-refractivity contribution is 6.24. The van der Waals surface area contributed by atoms with Crippen molar-refractivity contribution in [2.45, 2.75) is 31.8 Å². The number of allylic oxidation sites excluding steroid dienone is 1. The van der Waals surface area contributed by atoms with Gasteiger partial charge in [-0.3, -0.25) is 29.5 Å². The Balaban J connectivity index is 1.47. The van der Waals surface area contributed by atoms with Gasteiger partial charge in [-0.25, -0.2) is 4.90 Å². The van der Waals surface area contributed by atoms with Gasteiger partial charge in [0, 0.05) is 23.9 Å². The van der Waals surface area contributed by atoms with Crippen molar-refractivity contribution >= 4 is 35.2 Å². The standard InChI is InChI=1S/C26H24N4O6/c1-2-3-14-36-19-11-9-17(10-12-19)28-25(32)21-20-8-5-13-27-29(20)23(22(21)26(28)33)24(31)16-6-4-7-18(15-16)30(34)35/h4-13,15,20-23H,2-3,14H2,1H3/t20-,21-,22+,23-/m0/s1. The number of unbranched alkanes of at least 4 members (excludes halogenated alkanes) is 1. The van der Waals surface area contributed by atoms with Crippen LogP contribution in [0.1, 0.15) is 30.1 Å². The van der Waals surface area contributed by atoms with Gasteiger partial charge in [-0.15, -0.1) is 0 Å². The summed E-state index contributed by atoms with van der Waals surface area (Å²) in [6, 6.07) is 10.5. The van der Waals surface area contributed by atoms with Gasteiger partial charge in [0.25, 0.3) is 5.69 Å². The van der Waals surface area contributed by atoms with Crippen molar-refractivity contribution in [3.63, 3.8) is 0 Å². The molecule has 36 heavy (non-hydrogen) atoms. The molecule has 2 aromatic carbocycles. The van der Waals surface area contributed by atoms with Crippen molar-refractivity contribution in [1.82, 2.24) is 5.01 Å². The summed E-state index contributed by atoms with van der Waals surface area (Å²) in [5, 5.41) is 17.0. The van der Waals surface area contributed by atoms with Gasteiger partial charge in [0.15, 0.2) is 5.78 Å². The molecule has 0 unspecified atom stereocenters. The van der Waals surface area contributed by atoms with Crippen molar-refractivity contribution in [2.24, 2.45) is 16.9 Å². The van der Waals surface area contributed by atoms with Crippen LogP contribution < -0.4 is 9.64 Å². The van der Waals surface area contributed by atoms with Crippen LogP contribution in [0, 0.1) is 22.0 Å². The first kappa shape index (κ1) is 23.4. The summed E-state index contributed by atoms with van der Waals surface area (Å²) >= 11 is 0. The lowest BCUT2D eigenvalue weighted by atomic mass is 9.86. The summed E-state index contributed by atoms with van der Waals surface area (Å²) in [6.45, 7) is 2.65. The van der Waals surface area contributed by atoms with Gasteiger partial charge >= 0.3 is 0 Å². The number of ether oxygens (including phenoxy) is 1. The molecule has 5 rings (SSSR count). The number of nitrogens with zero attached hydrogens (tertiary/aromatic N) is 4. The minimum atomic E-state index is -1.07. The minimum absolute atomic E-state index is 0.0885. The van der Waals surface area contributed by atoms with Crippen LogP contribution in [0.15, 0.2) is 65.8 Å². The molecule has 0 radical (unpaired) electrons. The molecule has 0 spiro atoms. The molecule has 4 atom stereocenters. The number of carbonyl (C=O) groups excluding carboxylic acids is 3. The van der Waals surface area contributed by atoms with Crippen LogP contribution in [0.25, 0.3) is 0 Å². The minimum Gasteiger partial charge on any atom is -0.494 e. The zero-order valence-corrected chi connectivity index (χ0v) is 19.5. The molecule has 0 saturated carbocycles. The van der Waals surface area contributed by atoms with E-state index in [1.165, 1.54) is 35.5 Å². The second-order valence-electron chi connectivity index (χ2n) is 8.90. The molecule has 2 amide bonds. The van der Waals surface area contributed by atoms with E-state index in [-0.39, 0.29) is 11.3 Å². The molecule has 0 aliphatic carbocycles. The topological polar surface area (TPSA) is 122 Å². The summed E-state index contributed by atoms with van der Waals surface area (Å²) in [5.41, 5.74) is 0.259. The number of ketones is 1. The zero-order valence-electron chi connectivity index (χ0n) is 19.5. The first-order valence-electron chi connectivity index (χ1n) is 11.8. The van der Waals surface area contributed by atoms with E-state index >= 15 is 0 Å². The second kappa shape index (κ2) is 9.37. The third kappa shape index (κ3) is 3.84. The number of nitro benzene ring substituents is 1. The van der Waals surface area contributed by atoms with E-state index in [1.54, 1.807) is 36.4 Å². The van der Waals surface area contributed by atoms with Gasteiger partial charge in [-0.2, -0.15) is 5.10 Å². The monoisotopic (exact) mass is 488 g/mol. The lowest BCUT2D eigenvalue weighted by Gasteiger charge is -2.30. The molecule has 0 aromatic heterocycles. The molecular weight excluding hydrogens is 464 g/mol. The first-order chi connectivity index (χ1) is 17.4. The van der Waals surface area contributed by atoms with Gasteiger partial charge in [-0.1, -0.05) is 31.6 Å². The van der Waals surface area contributed by atoms with E-state index < -0.39 is 46.4 Å². The number of benzene rings is 2. The number of amides is 2. The number of nitro groups is 1. The fourth-order valence-electron chi connectivity index (χ4n) is 5.06. The number of hydrogen-bond donors (Lipinski definition) is 0. The Bertz CT molecular complexity index is 1290. The quantitative estimate of drug-likeness (QED) is 0.184. The zero-order chi connectivity index (χ0) is 25.4.